The summed E-state index contributed by atoms with van der Waals surface area (Å²) < 4.78 is 6.44. The minimum Gasteiger partial charge on any atom is -0.478 e. The second kappa shape index (κ2) is 13.7. The van der Waals surface area contributed by atoms with Crippen molar-refractivity contribution in [2.45, 2.75) is 12.5 Å². The number of nitrogens with zero attached hydrogens (tertiary/aromatic N) is 5. The predicted octanol–water partition coefficient (Wildman–Crippen LogP) is 1.68. The number of carbonyl (C=O) groups is 5. The van der Waals surface area contributed by atoms with Crippen LogP contribution in [-0.4, -0.2) is 80.7 Å². The number of halogens is 1. The van der Waals surface area contributed by atoms with Gasteiger partial charge in [0.15, 0.2) is 0 Å². The van der Waals surface area contributed by atoms with Crippen LogP contribution in [0.1, 0.15) is 15.9 Å². The smallest absolute Gasteiger partial charge is 0.335 e. The van der Waals surface area contributed by atoms with Crippen LogP contribution < -0.4 is 20.9 Å². The van der Waals surface area contributed by atoms with Crippen molar-refractivity contribution < 1.29 is 33.8 Å². The summed E-state index contributed by atoms with van der Waals surface area (Å²) in [5.41, 5.74) is 2.05. The molecule has 1 saturated heterocycles. The summed E-state index contributed by atoms with van der Waals surface area (Å²) in [6.07, 6.45) is 1.27. The zero-order valence-electron chi connectivity index (χ0n) is 23.3. The fourth-order valence-corrected chi connectivity index (χ4v) is 4.63. The number of aromatic nitrogens is 4. The van der Waals surface area contributed by atoms with Crippen LogP contribution in [0.3, 0.4) is 0 Å². The molecule has 1 fully saturated rings. The van der Waals surface area contributed by atoms with Gasteiger partial charge in [-0.05, 0) is 70.6 Å². The van der Waals surface area contributed by atoms with Crippen LogP contribution in [0.15, 0.2) is 73.1 Å². The number of morpholine rings is 1. The monoisotopic (exact) mass is 632 g/mol. The molecule has 45 heavy (non-hydrogen) atoms. The zero-order valence-corrected chi connectivity index (χ0v) is 24.1. The minimum atomic E-state index is -1.24. The van der Waals surface area contributed by atoms with E-state index in [1.165, 1.54) is 41.3 Å². The minimum absolute atomic E-state index is 0.0159. The van der Waals surface area contributed by atoms with Crippen molar-refractivity contribution in [2.75, 3.05) is 35.3 Å². The molecule has 1 atom stereocenters. The largest absolute Gasteiger partial charge is 0.478 e. The van der Waals surface area contributed by atoms with E-state index in [4.69, 9.17) is 21.4 Å². The van der Waals surface area contributed by atoms with E-state index >= 15 is 0 Å². The number of nitrogens with one attached hydrogen (secondary N) is 3. The van der Waals surface area contributed by atoms with Crippen LogP contribution >= 0.6 is 11.6 Å². The molecule has 1 aliphatic heterocycles. The zero-order chi connectivity index (χ0) is 31.9. The molecule has 4 aromatic rings. The molecule has 1 aromatic heterocycles. The number of tetrazole rings is 1. The molecule has 0 spiro atoms. The average Bonchev–Trinajstić information content (AvgIpc) is 3.56. The van der Waals surface area contributed by atoms with Gasteiger partial charge in [-0.3, -0.25) is 19.2 Å². The number of anilines is 3. The quantitative estimate of drug-likeness (QED) is 0.197. The van der Waals surface area contributed by atoms with E-state index in [0.29, 0.717) is 30.1 Å². The summed E-state index contributed by atoms with van der Waals surface area (Å²) >= 11 is 6.10. The molecule has 0 radical (unpaired) electrons. The number of hydrogen-bond donors (Lipinski definition) is 4. The Hall–Kier alpha value is -5.67. The maximum atomic E-state index is 13.4. The van der Waals surface area contributed by atoms with Crippen molar-refractivity contribution in [3.05, 3.63) is 89.2 Å². The standard InChI is InChI=1S/C29H25ClN8O7/c30-19-5-10-24(38-16-31-35-36-38)22(14-19)33-27(41)28(42)34-23(26(40)32-20-6-3-18(4-7-20)29(43)44)13-17-1-8-21(9-2-17)37-11-12-45-15-25(37)39/h1-10,14,16,23H,11-13,15H2,(H,32,40)(H,33,41)(H,34,42)(H,43,44). The number of ether oxygens (including phenoxy) is 1. The molecular formula is C29H25ClN8O7. The van der Waals surface area contributed by atoms with Crippen LogP contribution in [0.2, 0.25) is 5.02 Å². The molecule has 2 heterocycles. The Balaban J connectivity index is 1.34. The van der Waals surface area contributed by atoms with Gasteiger partial charge < -0.3 is 30.7 Å². The van der Waals surface area contributed by atoms with Gasteiger partial charge in [-0.2, -0.15) is 4.68 Å². The first-order valence-corrected chi connectivity index (χ1v) is 13.8. The van der Waals surface area contributed by atoms with Crippen LogP contribution in [0.5, 0.6) is 0 Å². The van der Waals surface area contributed by atoms with Gasteiger partial charge in [-0.15, -0.1) is 5.10 Å². The van der Waals surface area contributed by atoms with Crippen LogP contribution in [0.25, 0.3) is 5.69 Å². The Kier molecular flexibility index (Phi) is 9.40. The van der Waals surface area contributed by atoms with Gasteiger partial charge in [0.2, 0.25) is 5.91 Å². The second-order valence-electron chi connectivity index (χ2n) is 9.74. The molecule has 0 aliphatic carbocycles. The lowest BCUT2D eigenvalue weighted by Gasteiger charge is -2.27. The third-order valence-corrected chi connectivity index (χ3v) is 6.94. The lowest BCUT2D eigenvalue weighted by molar-refractivity contribution is -0.137. The highest BCUT2D eigenvalue weighted by Crippen LogP contribution is 2.24. The van der Waals surface area contributed by atoms with Crippen molar-refractivity contribution in [3.63, 3.8) is 0 Å². The van der Waals surface area contributed by atoms with Crippen molar-refractivity contribution in [1.29, 1.82) is 0 Å². The van der Waals surface area contributed by atoms with Crippen LogP contribution in [0, 0.1) is 0 Å². The van der Waals surface area contributed by atoms with Gasteiger partial charge in [0.1, 0.15) is 19.0 Å². The average molecular weight is 633 g/mol. The van der Waals surface area contributed by atoms with Gasteiger partial charge in [0.25, 0.3) is 5.91 Å². The molecule has 4 amide bonds. The predicted molar refractivity (Wildman–Crippen MR) is 160 cm³/mol. The molecule has 0 bridgehead atoms. The normalized spacial score (nSPS) is 13.5. The van der Waals surface area contributed by atoms with E-state index in [1.807, 2.05) is 0 Å². The van der Waals surface area contributed by atoms with Gasteiger partial charge in [0, 0.05) is 29.4 Å². The van der Waals surface area contributed by atoms with Gasteiger partial charge in [0.05, 0.1) is 23.5 Å². The van der Waals surface area contributed by atoms with Crippen molar-refractivity contribution in [2.24, 2.45) is 0 Å². The van der Waals surface area contributed by atoms with E-state index < -0.39 is 29.7 Å². The lowest BCUT2D eigenvalue weighted by atomic mass is 10.0. The van der Waals surface area contributed by atoms with Crippen LogP contribution in [0.4, 0.5) is 17.1 Å². The second-order valence-corrected chi connectivity index (χ2v) is 10.2. The number of carbonyl (C=O) groups excluding carboxylic acids is 4. The molecule has 3 aromatic carbocycles. The molecule has 16 heteroatoms. The Morgan fingerprint density at radius 2 is 1.73 bits per heavy atom. The third-order valence-electron chi connectivity index (χ3n) is 6.70. The summed E-state index contributed by atoms with van der Waals surface area (Å²) in [6.45, 7) is 0.790. The third kappa shape index (κ3) is 7.65. The summed E-state index contributed by atoms with van der Waals surface area (Å²) in [5.74, 6) is -4.18. The fraction of sp³-hybridized carbons (Fsp3) is 0.172. The number of carboxylic acid groups (broad SMARTS) is 1. The molecule has 4 N–H and O–H groups in total. The van der Waals surface area contributed by atoms with E-state index in [0.717, 1.165) is 0 Å². The highest BCUT2D eigenvalue weighted by Gasteiger charge is 2.26. The number of carboxylic acids is 1. The lowest BCUT2D eigenvalue weighted by Crippen LogP contribution is -2.49. The maximum Gasteiger partial charge on any atom is 0.335 e. The van der Waals surface area contributed by atoms with Gasteiger partial charge in [-0.1, -0.05) is 23.7 Å². The highest BCUT2D eigenvalue weighted by molar-refractivity contribution is 6.40. The molecule has 15 nitrogen and oxygen atoms in total. The van der Waals surface area contributed by atoms with E-state index in [-0.39, 0.29) is 40.9 Å². The molecule has 230 valence electrons. The van der Waals surface area contributed by atoms with E-state index in [9.17, 15) is 24.0 Å². The summed E-state index contributed by atoms with van der Waals surface area (Å²) in [4.78, 5) is 64.5. The Bertz CT molecular complexity index is 1730. The number of benzene rings is 3. The number of aromatic carboxylic acids is 1. The first-order chi connectivity index (χ1) is 21.7. The molecule has 1 unspecified atom stereocenters. The van der Waals surface area contributed by atoms with Crippen molar-refractivity contribution in [1.82, 2.24) is 25.5 Å². The Labute approximate surface area is 260 Å². The summed E-state index contributed by atoms with van der Waals surface area (Å²) in [6, 6.07) is 15.6. The highest BCUT2D eigenvalue weighted by atomic mass is 35.5. The fourth-order valence-electron chi connectivity index (χ4n) is 4.46. The first-order valence-electron chi connectivity index (χ1n) is 13.4. The molecular weight excluding hydrogens is 608 g/mol. The van der Waals surface area contributed by atoms with Gasteiger partial charge in [-0.25, -0.2) is 4.79 Å². The molecule has 5 rings (SSSR count). The first kappa shape index (κ1) is 30.8. The number of amides is 4. The van der Waals surface area contributed by atoms with Gasteiger partial charge >= 0.3 is 17.8 Å². The van der Waals surface area contributed by atoms with Crippen molar-refractivity contribution >= 4 is 58.3 Å². The molecule has 0 saturated carbocycles. The van der Waals surface area contributed by atoms with E-state index in [2.05, 4.69) is 31.5 Å². The Morgan fingerprint density at radius 1 is 0.978 bits per heavy atom. The summed E-state index contributed by atoms with van der Waals surface area (Å²) in [7, 11) is 0. The number of hydrogen-bond acceptors (Lipinski definition) is 9. The topological polar surface area (TPSA) is 198 Å². The number of rotatable bonds is 9. The maximum absolute atomic E-state index is 13.4. The van der Waals surface area contributed by atoms with Crippen LogP contribution in [-0.2, 0) is 30.3 Å². The SMILES string of the molecule is O=C(Nc1cc(Cl)ccc1-n1cnnn1)C(=O)NC(Cc1ccc(N2CCOCC2=O)cc1)C(=O)Nc1ccc(C(=O)O)cc1. The Morgan fingerprint density at radius 3 is 2.40 bits per heavy atom. The molecule has 1 aliphatic rings. The van der Waals surface area contributed by atoms with E-state index in [1.54, 1.807) is 41.3 Å². The van der Waals surface area contributed by atoms with Crippen molar-refractivity contribution in [3.8, 4) is 5.69 Å². The summed E-state index contributed by atoms with van der Waals surface area (Å²) in [5, 5.41) is 27.9.